The van der Waals surface area contributed by atoms with E-state index < -0.39 is 0 Å². The monoisotopic (exact) mass is 1110 g/mol. The molecule has 0 aromatic heterocycles. The second-order valence-corrected chi connectivity index (χ2v) is 24.5. The SMILES string of the molecule is Cc1cc(C(C)(C)C)cc(C)c1C.Cc1ccc(-c2c(C)cccc2C)cc1.Cc1ccc(-c2ccc(C)cc2)cc1.Cc1ccc(-c2ccc(C)cc2C)cc1.Cc1ccc(-c2cccc(C)c2)cc1.Cc1ccc(-c2ccccc2C)cc1. The van der Waals surface area contributed by atoms with E-state index in [2.05, 4.69) is 367 Å². The van der Waals surface area contributed by atoms with Gasteiger partial charge >= 0.3 is 0 Å². The van der Waals surface area contributed by atoms with Crippen LogP contribution in [0.2, 0.25) is 0 Å². The van der Waals surface area contributed by atoms with Crippen molar-refractivity contribution in [3.63, 3.8) is 0 Å². The highest BCUT2D eigenvalue weighted by atomic mass is 14.2. The Labute approximate surface area is 514 Å². The Bertz CT molecular complexity index is 3740. The van der Waals surface area contributed by atoms with E-state index >= 15 is 0 Å². The largest absolute Gasteiger partial charge is 0.0620 e. The molecule has 0 amide bonds. The minimum atomic E-state index is 0.267. The normalized spacial score (nSPS) is 10.5. The molecule has 0 radical (unpaired) electrons. The van der Waals surface area contributed by atoms with Crippen molar-refractivity contribution in [1.29, 1.82) is 0 Å². The van der Waals surface area contributed by atoms with Gasteiger partial charge in [-0.1, -0.05) is 308 Å². The molecule has 0 aliphatic heterocycles. The Kier molecular flexibility index (Phi) is 24.2. The third kappa shape index (κ3) is 20.3. The summed E-state index contributed by atoms with van der Waals surface area (Å²) in [5.41, 5.74) is 34.9. The molecule has 11 rings (SSSR count). The van der Waals surface area contributed by atoms with E-state index in [0.717, 1.165) is 0 Å². The lowest BCUT2D eigenvalue weighted by molar-refractivity contribution is 0.589. The maximum absolute atomic E-state index is 2.31. The number of rotatable bonds is 5. The average Bonchev–Trinajstić information content (AvgIpc) is 3.69. The van der Waals surface area contributed by atoms with Crippen LogP contribution in [0.1, 0.15) is 110 Å². The first kappa shape index (κ1) is 65.6. The zero-order chi connectivity index (χ0) is 61.8. The van der Waals surface area contributed by atoms with Crippen LogP contribution < -0.4 is 0 Å². The zero-order valence-corrected chi connectivity index (χ0v) is 54.6. The van der Waals surface area contributed by atoms with Crippen LogP contribution in [0, 0.1) is 104 Å². The van der Waals surface area contributed by atoms with Gasteiger partial charge in [0.05, 0.1) is 0 Å². The third-order valence-corrected chi connectivity index (χ3v) is 15.7. The van der Waals surface area contributed by atoms with Crippen LogP contribution in [0.4, 0.5) is 0 Å². The maximum atomic E-state index is 2.31. The first-order valence-corrected chi connectivity index (χ1v) is 30.2. The molecular weight excluding hydrogens is 1020 g/mol. The van der Waals surface area contributed by atoms with Crippen LogP contribution >= 0.6 is 0 Å². The number of benzene rings is 11. The van der Waals surface area contributed by atoms with E-state index in [9.17, 15) is 0 Å². The van der Waals surface area contributed by atoms with E-state index in [-0.39, 0.29) is 5.41 Å². The molecule has 0 aliphatic rings. The molecular formula is C85H94. The topological polar surface area (TPSA) is 0 Å². The fourth-order valence-corrected chi connectivity index (χ4v) is 10.0. The highest BCUT2D eigenvalue weighted by molar-refractivity contribution is 5.72. The minimum Gasteiger partial charge on any atom is -0.0620 e. The number of aryl methyl sites for hydroxylation is 14. The lowest BCUT2D eigenvalue weighted by atomic mass is 9.84. The smallest absolute Gasteiger partial charge is 0.0125 e. The van der Waals surface area contributed by atoms with Crippen molar-refractivity contribution < 1.29 is 0 Å². The Balaban J connectivity index is 0.000000163. The summed E-state index contributed by atoms with van der Waals surface area (Å²) >= 11 is 0. The van der Waals surface area contributed by atoms with Gasteiger partial charge in [-0.25, -0.2) is 0 Å². The molecule has 85 heavy (non-hydrogen) atoms. The van der Waals surface area contributed by atoms with Crippen molar-refractivity contribution >= 4 is 0 Å². The van der Waals surface area contributed by atoms with Crippen molar-refractivity contribution in [3.05, 3.63) is 332 Å². The van der Waals surface area contributed by atoms with Gasteiger partial charge in [0.2, 0.25) is 0 Å². The van der Waals surface area contributed by atoms with E-state index in [1.54, 1.807) is 0 Å². The fourth-order valence-electron chi connectivity index (χ4n) is 10.0. The van der Waals surface area contributed by atoms with Gasteiger partial charge in [0.25, 0.3) is 0 Å². The summed E-state index contributed by atoms with van der Waals surface area (Å²) in [7, 11) is 0. The quantitative estimate of drug-likeness (QED) is 0.161. The van der Waals surface area contributed by atoms with Gasteiger partial charge in [-0.2, -0.15) is 0 Å². The lowest BCUT2D eigenvalue weighted by Gasteiger charge is -2.21. The number of hydrogen-bond donors (Lipinski definition) is 0. The predicted molar refractivity (Wildman–Crippen MR) is 376 cm³/mol. The highest BCUT2D eigenvalue weighted by Gasteiger charge is 2.15. The van der Waals surface area contributed by atoms with Gasteiger partial charge in [0.1, 0.15) is 0 Å². The van der Waals surface area contributed by atoms with Crippen LogP contribution in [0.15, 0.2) is 243 Å². The first-order chi connectivity index (χ1) is 40.4. The second-order valence-electron chi connectivity index (χ2n) is 24.5. The van der Waals surface area contributed by atoms with Crippen molar-refractivity contribution in [3.8, 4) is 55.6 Å². The van der Waals surface area contributed by atoms with Crippen molar-refractivity contribution in [2.75, 3.05) is 0 Å². The molecule has 0 heteroatoms. The van der Waals surface area contributed by atoms with E-state index in [0.29, 0.717) is 0 Å². The average molecular weight is 1120 g/mol. The molecule has 11 aromatic rings. The zero-order valence-electron chi connectivity index (χ0n) is 54.6. The molecule has 0 fully saturated rings. The molecule has 0 nitrogen and oxygen atoms in total. The molecule has 0 N–H and O–H groups in total. The minimum absolute atomic E-state index is 0.267. The Morgan fingerprint density at radius 3 is 0.894 bits per heavy atom. The first-order valence-electron chi connectivity index (χ1n) is 30.2. The standard InChI is InChI=1S/2C15H16.3C14H14.C13H20/c1-11-4-7-14(8-5-11)15-9-6-12(2)10-13(15)3;1-11-7-9-14(10-8-11)15-12(2)5-4-6-13(15)3;1-11-3-7-13(8-4-11)14-9-5-12(2)6-10-14;1-11-6-8-13(9-7-11)14-5-3-4-12(2)10-14;1-11-7-9-13(10-8-11)14-6-4-3-5-12(14)2;1-9-7-12(13(4,5)6)8-10(2)11(9)3/h2*4-10H,1-3H3;3*3-10H,1-2H3;7-8H,1-6H3. The molecule has 434 valence electrons. The van der Waals surface area contributed by atoms with Gasteiger partial charge in [-0.15, -0.1) is 0 Å². The summed E-state index contributed by atoms with van der Waals surface area (Å²) in [5, 5.41) is 0. The number of hydrogen-bond acceptors (Lipinski definition) is 0. The van der Waals surface area contributed by atoms with Crippen LogP contribution in [0.25, 0.3) is 55.6 Å². The highest BCUT2D eigenvalue weighted by Crippen LogP contribution is 2.30. The van der Waals surface area contributed by atoms with Gasteiger partial charge in [-0.3, -0.25) is 0 Å². The van der Waals surface area contributed by atoms with E-state index in [1.165, 1.54) is 145 Å². The second kappa shape index (κ2) is 31.4. The van der Waals surface area contributed by atoms with Crippen LogP contribution in [-0.2, 0) is 5.41 Å². The van der Waals surface area contributed by atoms with Crippen molar-refractivity contribution in [1.82, 2.24) is 0 Å². The molecule has 0 saturated heterocycles. The van der Waals surface area contributed by atoms with Gasteiger partial charge in [0.15, 0.2) is 0 Å². The maximum Gasteiger partial charge on any atom is -0.0125 e. The summed E-state index contributed by atoms with van der Waals surface area (Å²) in [6.45, 7) is 38.9. The lowest BCUT2D eigenvalue weighted by Crippen LogP contribution is -2.12. The van der Waals surface area contributed by atoms with Crippen LogP contribution in [-0.4, -0.2) is 0 Å². The molecule has 0 heterocycles. The molecule has 0 atom stereocenters. The molecule has 0 unspecified atom stereocenters. The summed E-state index contributed by atoms with van der Waals surface area (Å²) in [6.07, 6.45) is 0. The van der Waals surface area contributed by atoms with Crippen LogP contribution in [0.5, 0.6) is 0 Å². The van der Waals surface area contributed by atoms with Crippen LogP contribution in [0.3, 0.4) is 0 Å². The summed E-state index contributed by atoms with van der Waals surface area (Å²) in [4.78, 5) is 0. The summed E-state index contributed by atoms with van der Waals surface area (Å²) in [6, 6.07) is 86.7. The Morgan fingerprint density at radius 2 is 0.518 bits per heavy atom. The fraction of sp³-hybridized carbons (Fsp3) is 0.224. The van der Waals surface area contributed by atoms with Gasteiger partial charge < -0.3 is 0 Å². The molecule has 0 saturated carbocycles. The Hall–Kier alpha value is -8.58. The van der Waals surface area contributed by atoms with Crippen molar-refractivity contribution in [2.24, 2.45) is 0 Å². The summed E-state index contributed by atoms with van der Waals surface area (Å²) < 4.78 is 0. The van der Waals surface area contributed by atoms with Gasteiger partial charge in [0, 0.05) is 0 Å². The molecule has 0 spiro atoms. The van der Waals surface area contributed by atoms with Gasteiger partial charge in [-0.05, 0) is 209 Å². The molecule has 11 aromatic carbocycles. The summed E-state index contributed by atoms with van der Waals surface area (Å²) in [5.74, 6) is 0. The Morgan fingerprint density at radius 1 is 0.200 bits per heavy atom. The van der Waals surface area contributed by atoms with Crippen molar-refractivity contribution in [2.45, 2.75) is 130 Å². The third-order valence-electron chi connectivity index (χ3n) is 15.7. The molecule has 0 bridgehead atoms. The molecule has 0 aliphatic carbocycles. The van der Waals surface area contributed by atoms with E-state index in [4.69, 9.17) is 0 Å². The van der Waals surface area contributed by atoms with E-state index in [1.807, 2.05) is 0 Å². The predicted octanol–water partition coefficient (Wildman–Crippen LogP) is 24.4.